The molecule has 3 aromatic rings. The summed E-state index contributed by atoms with van der Waals surface area (Å²) < 4.78 is 6.22. The van der Waals surface area contributed by atoms with Crippen LogP contribution >= 0.6 is 12.4 Å². The SMILES string of the molecule is Cl.O=C(c1cccc(COc2ccc3c(c2)CCN(C2CCCC2)CC3)c1)N1CCN(c2ccncc2)CC1. The van der Waals surface area contributed by atoms with Crippen molar-refractivity contribution in [1.29, 1.82) is 0 Å². The van der Waals surface area contributed by atoms with Gasteiger partial charge in [-0.15, -0.1) is 12.4 Å². The van der Waals surface area contributed by atoms with Crippen molar-refractivity contribution in [3.8, 4) is 5.75 Å². The fourth-order valence-corrected chi connectivity index (χ4v) is 6.31. The summed E-state index contributed by atoms with van der Waals surface area (Å²) in [5.74, 6) is 1.01. The monoisotopic (exact) mass is 546 g/mol. The summed E-state index contributed by atoms with van der Waals surface area (Å²) in [4.78, 5) is 24.3. The van der Waals surface area contributed by atoms with Crippen LogP contribution in [0.4, 0.5) is 5.69 Å². The number of carbonyl (C=O) groups excluding carboxylic acids is 1. The van der Waals surface area contributed by atoms with Crippen molar-refractivity contribution in [1.82, 2.24) is 14.8 Å². The number of aromatic nitrogens is 1. The number of ether oxygens (including phenoxy) is 1. The molecule has 39 heavy (non-hydrogen) atoms. The molecule has 1 aromatic heterocycles. The number of nitrogens with zero attached hydrogens (tertiary/aromatic N) is 4. The van der Waals surface area contributed by atoms with Crippen molar-refractivity contribution in [3.05, 3.63) is 89.2 Å². The Balaban J connectivity index is 0.00000308. The van der Waals surface area contributed by atoms with Gasteiger partial charge in [0.05, 0.1) is 0 Å². The molecule has 1 aliphatic carbocycles. The molecule has 2 aromatic carbocycles. The molecule has 3 aliphatic rings. The maximum absolute atomic E-state index is 13.2. The van der Waals surface area contributed by atoms with E-state index in [4.69, 9.17) is 4.74 Å². The third-order valence-corrected chi connectivity index (χ3v) is 8.53. The molecule has 6 nitrogen and oxygen atoms in total. The standard InChI is InChI=1S/C32H38N4O2.ClH/c37-32(36-20-18-35(19-21-36)30-10-14-33-15-11-30)28-5-3-4-25(22-28)24-38-31-9-8-26-12-16-34(17-13-27(26)23-31)29-6-1-2-7-29;/h3-5,8-11,14-15,22-23,29H,1-2,6-7,12-13,16-21,24H2;1H. The van der Waals surface area contributed by atoms with Crippen LogP contribution < -0.4 is 9.64 Å². The first-order valence-corrected chi connectivity index (χ1v) is 14.2. The lowest BCUT2D eigenvalue weighted by molar-refractivity contribution is 0.0746. The highest BCUT2D eigenvalue weighted by molar-refractivity contribution is 5.94. The number of carbonyl (C=O) groups is 1. The van der Waals surface area contributed by atoms with Gasteiger partial charge in [0.25, 0.3) is 5.91 Å². The summed E-state index contributed by atoms with van der Waals surface area (Å²) >= 11 is 0. The summed E-state index contributed by atoms with van der Waals surface area (Å²) in [5, 5.41) is 0. The number of amides is 1. The molecular formula is C32H39ClN4O2. The molecule has 7 heteroatoms. The van der Waals surface area contributed by atoms with E-state index in [0.29, 0.717) is 6.61 Å². The minimum Gasteiger partial charge on any atom is -0.489 e. The van der Waals surface area contributed by atoms with Crippen molar-refractivity contribution >= 4 is 24.0 Å². The molecule has 0 N–H and O–H groups in total. The number of rotatable bonds is 6. The van der Waals surface area contributed by atoms with E-state index in [1.807, 2.05) is 53.7 Å². The largest absolute Gasteiger partial charge is 0.489 e. The quantitative estimate of drug-likeness (QED) is 0.415. The number of halogens is 1. The minimum absolute atomic E-state index is 0. The van der Waals surface area contributed by atoms with Gasteiger partial charge in [0.15, 0.2) is 0 Å². The molecule has 1 amide bonds. The third-order valence-electron chi connectivity index (χ3n) is 8.53. The van der Waals surface area contributed by atoms with Gasteiger partial charge in [0.1, 0.15) is 12.4 Å². The lowest BCUT2D eigenvalue weighted by Crippen LogP contribution is -2.48. The van der Waals surface area contributed by atoms with Crippen LogP contribution in [0.15, 0.2) is 67.0 Å². The number of fused-ring (bicyclic) bond motifs is 1. The molecule has 6 rings (SSSR count). The van der Waals surface area contributed by atoms with Crippen LogP contribution in [-0.4, -0.2) is 66.0 Å². The first kappa shape index (κ1) is 27.5. The van der Waals surface area contributed by atoms with E-state index in [1.165, 1.54) is 43.4 Å². The maximum Gasteiger partial charge on any atom is 0.253 e. The van der Waals surface area contributed by atoms with Crippen molar-refractivity contribution in [2.45, 2.75) is 51.2 Å². The van der Waals surface area contributed by atoms with Gasteiger partial charge < -0.3 is 14.5 Å². The topological polar surface area (TPSA) is 48.9 Å². The van der Waals surface area contributed by atoms with Crippen LogP contribution in [0, 0.1) is 0 Å². The van der Waals surface area contributed by atoms with Gasteiger partial charge >= 0.3 is 0 Å². The molecule has 206 valence electrons. The predicted octanol–water partition coefficient (Wildman–Crippen LogP) is 5.39. The maximum atomic E-state index is 13.2. The van der Waals surface area contributed by atoms with E-state index < -0.39 is 0 Å². The summed E-state index contributed by atoms with van der Waals surface area (Å²) in [6.45, 7) is 5.89. The predicted molar refractivity (Wildman–Crippen MR) is 158 cm³/mol. The molecule has 0 atom stereocenters. The second-order valence-corrected chi connectivity index (χ2v) is 10.9. The Bertz CT molecular complexity index is 1240. The Morgan fingerprint density at radius 1 is 0.846 bits per heavy atom. The average Bonchev–Trinajstić information content (AvgIpc) is 3.44. The molecule has 0 spiro atoms. The Labute approximate surface area is 238 Å². The highest BCUT2D eigenvalue weighted by atomic mass is 35.5. The molecule has 1 saturated heterocycles. The van der Waals surface area contributed by atoms with Crippen LogP contribution in [0.3, 0.4) is 0 Å². The Morgan fingerprint density at radius 3 is 2.36 bits per heavy atom. The van der Waals surface area contributed by atoms with Crippen LogP contribution in [0.5, 0.6) is 5.75 Å². The summed E-state index contributed by atoms with van der Waals surface area (Å²) in [6, 6.07) is 19.4. The number of benzene rings is 2. The van der Waals surface area contributed by atoms with Gasteiger partial charge in [0, 0.05) is 69.0 Å². The second-order valence-electron chi connectivity index (χ2n) is 10.9. The van der Waals surface area contributed by atoms with Crippen LogP contribution in [0.25, 0.3) is 0 Å². The summed E-state index contributed by atoms with van der Waals surface area (Å²) in [7, 11) is 0. The lowest BCUT2D eigenvalue weighted by Gasteiger charge is -2.36. The smallest absolute Gasteiger partial charge is 0.253 e. The molecular weight excluding hydrogens is 508 g/mol. The van der Waals surface area contributed by atoms with E-state index >= 15 is 0 Å². The van der Waals surface area contributed by atoms with Gasteiger partial charge in [-0.3, -0.25) is 14.7 Å². The van der Waals surface area contributed by atoms with Gasteiger partial charge in [0.2, 0.25) is 0 Å². The van der Waals surface area contributed by atoms with Crippen molar-refractivity contribution in [2.75, 3.05) is 44.2 Å². The number of hydrogen-bond donors (Lipinski definition) is 0. The van der Waals surface area contributed by atoms with Gasteiger partial charge in [-0.25, -0.2) is 0 Å². The van der Waals surface area contributed by atoms with Crippen molar-refractivity contribution in [3.63, 3.8) is 0 Å². The van der Waals surface area contributed by atoms with Gasteiger partial charge in [-0.1, -0.05) is 31.0 Å². The van der Waals surface area contributed by atoms with Crippen LogP contribution in [0.1, 0.15) is 52.7 Å². The Kier molecular flexibility index (Phi) is 9.05. The van der Waals surface area contributed by atoms with E-state index in [0.717, 1.165) is 74.2 Å². The van der Waals surface area contributed by atoms with E-state index in [-0.39, 0.29) is 18.3 Å². The van der Waals surface area contributed by atoms with E-state index in [2.05, 4.69) is 33.0 Å². The number of anilines is 1. The van der Waals surface area contributed by atoms with Gasteiger partial charge in [-0.05, 0) is 78.8 Å². The fourth-order valence-electron chi connectivity index (χ4n) is 6.31. The highest BCUT2D eigenvalue weighted by Crippen LogP contribution is 2.28. The zero-order chi connectivity index (χ0) is 25.7. The third kappa shape index (κ3) is 6.56. The molecule has 1 saturated carbocycles. The second kappa shape index (κ2) is 12.8. The number of pyridine rings is 1. The zero-order valence-electron chi connectivity index (χ0n) is 22.6. The van der Waals surface area contributed by atoms with Crippen LogP contribution in [-0.2, 0) is 19.4 Å². The summed E-state index contributed by atoms with van der Waals surface area (Å²) in [5.41, 5.74) is 5.81. The Morgan fingerprint density at radius 2 is 1.59 bits per heavy atom. The minimum atomic E-state index is 0. The lowest BCUT2D eigenvalue weighted by atomic mass is 10.0. The van der Waals surface area contributed by atoms with Crippen molar-refractivity contribution < 1.29 is 9.53 Å². The highest BCUT2D eigenvalue weighted by Gasteiger charge is 2.25. The number of hydrogen-bond acceptors (Lipinski definition) is 5. The average molecular weight is 547 g/mol. The fraction of sp³-hybridized carbons (Fsp3) is 0.438. The zero-order valence-corrected chi connectivity index (χ0v) is 23.5. The molecule has 0 bridgehead atoms. The molecule has 0 radical (unpaired) electrons. The normalized spacial score (nSPS) is 18.3. The van der Waals surface area contributed by atoms with E-state index in [9.17, 15) is 4.79 Å². The van der Waals surface area contributed by atoms with Gasteiger partial charge in [-0.2, -0.15) is 0 Å². The first-order valence-electron chi connectivity index (χ1n) is 14.2. The summed E-state index contributed by atoms with van der Waals surface area (Å²) in [6.07, 6.45) is 11.4. The van der Waals surface area contributed by atoms with E-state index in [1.54, 1.807) is 0 Å². The molecule has 2 aliphatic heterocycles. The van der Waals surface area contributed by atoms with Crippen molar-refractivity contribution in [2.24, 2.45) is 0 Å². The number of piperazine rings is 1. The molecule has 2 fully saturated rings. The molecule has 3 heterocycles. The molecule has 0 unspecified atom stereocenters. The van der Waals surface area contributed by atoms with Crippen LogP contribution in [0.2, 0.25) is 0 Å². The Hall–Kier alpha value is -3.09. The first-order chi connectivity index (χ1) is 18.7.